The van der Waals surface area contributed by atoms with Gasteiger partial charge in [0, 0.05) is 43.0 Å². The highest BCUT2D eigenvalue weighted by Crippen LogP contribution is 2.43. The summed E-state index contributed by atoms with van der Waals surface area (Å²) in [5.41, 5.74) is 4.46. The Morgan fingerprint density at radius 2 is 1.83 bits per heavy atom. The molecule has 0 spiro atoms. The third-order valence-electron chi connectivity index (χ3n) is 8.22. The Hall–Kier alpha value is -3.89. The summed E-state index contributed by atoms with van der Waals surface area (Å²) in [7, 11) is 3.14. The predicted molar refractivity (Wildman–Crippen MR) is 152 cm³/mol. The molecular formula is C31H33F2N5O3. The van der Waals surface area contributed by atoms with Gasteiger partial charge < -0.3 is 19.1 Å². The first-order valence-corrected chi connectivity index (χ1v) is 13.7. The Morgan fingerprint density at radius 3 is 2.49 bits per heavy atom. The van der Waals surface area contributed by atoms with E-state index in [4.69, 9.17) is 14.5 Å². The van der Waals surface area contributed by atoms with Gasteiger partial charge in [-0.15, -0.1) is 5.10 Å². The average Bonchev–Trinajstić information content (AvgIpc) is 3.46. The van der Waals surface area contributed by atoms with Gasteiger partial charge in [-0.05, 0) is 63.3 Å². The molecule has 1 aliphatic heterocycles. The quantitative estimate of drug-likeness (QED) is 0.281. The maximum Gasteiger partial charge on any atom is 0.200 e. The number of hydrogen-bond donors (Lipinski definition) is 1. The SMILES string of the molecule is COc1ccc([C@H](C2CCOCC2)n2c3cc(C(C)(C)O)ccc3c3ncc(-c4c(C)nnn4C)cc32)c(F)c1F. The summed E-state index contributed by atoms with van der Waals surface area (Å²) < 4.78 is 45.7. The molecule has 8 nitrogen and oxygen atoms in total. The molecule has 3 aromatic heterocycles. The van der Waals surface area contributed by atoms with Crippen LogP contribution in [0.3, 0.4) is 0 Å². The number of aliphatic hydroxyl groups is 1. The molecule has 10 heteroatoms. The third kappa shape index (κ3) is 4.55. The summed E-state index contributed by atoms with van der Waals surface area (Å²) in [6, 6.07) is 10.3. The largest absolute Gasteiger partial charge is 0.494 e. The van der Waals surface area contributed by atoms with E-state index in [1.165, 1.54) is 13.2 Å². The minimum atomic E-state index is -1.11. The zero-order chi connectivity index (χ0) is 29.1. The standard InChI is InChI=1S/C31H33F2N5O3/c1-17-29(37(4)36-35-17)19-14-24-28(34-16-19)21-7-6-20(31(2,3)39)15-23(21)38(24)30(18-10-12-41-13-11-18)22-8-9-25(40-5)27(33)26(22)32/h6-9,14-16,18,30,39H,10-13H2,1-5H3/t30-/m0/s1. The van der Waals surface area contributed by atoms with Crippen molar-refractivity contribution in [2.45, 2.75) is 45.3 Å². The van der Waals surface area contributed by atoms with E-state index >= 15 is 8.78 Å². The Bertz CT molecular complexity index is 1750. The van der Waals surface area contributed by atoms with E-state index in [-0.39, 0.29) is 17.2 Å². The monoisotopic (exact) mass is 561 g/mol. The zero-order valence-corrected chi connectivity index (χ0v) is 23.8. The van der Waals surface area contributed by atoms with Crippen molar-refractivity contribution in [3.05, 3.63) is 71.1 Å². The van der Waals surface area contributed by atoms with Crippen molar-refractivity contribution < 1.29 is 23.4 Å². The average molecular weight is 562 g/mol. The van der Waals surface area contributed by atoms with Gasteiger partial charge in [0.05, 0.1) is 46.7 Å². The molecule has 0 radical (unpaired) electrons. The first kappa shape index (κ1) is 27.3. The second-order valence-corrected chi connectivity index (χ2v) is 11.3. The molecule has 0 saturated carbocycles. The van der Waals surface area contributed by atoms with E-state index in [9.17, 15) is 5.11 Å². The molecule has 2 aromatic carbocycles. The number of rotatable bonds is 6. The highest BCUT2D eigenvalue weighted by molar-refractivity contribution is 6.07. The molecule has 6 rings (SSSR count). The number of halogens is 2. The summed E-state index contributed by atoms with van der Waals surface area (Å²) in [5.74, 6) is -2.16. The van der Waals surface area contributed by atoms with Gasteiger partial charge in [-0.3, -0.25) is 4.98 Å². The number of aryl methyl sites for hydroxylation is 2. The highest BCUT2D eigenvalue weighted by Gasteiger charge is 2.34. The van der Waals surface area contributed by atoms with Crippen LogP contribution < -0.4 is 4.74 Å². The lowest BCUT2D eigenvalue weighted by molar-refractivity contribution is 0.0547. The van der Waals surface area contributed by atoms with Gasteiger partial charge >= 0.3 is 0 Å². The minimum absolute atomic E-state index is 0.0561. The molecule has 0 bridgehead atoms. The molecule has 1 saturated heterocycles. The lowest BCUT2D eigenvalue weighted by Crippen LogP contribution is -2.28. The van der Waals surface area contributed by atoms with Crippen LogP contribution in [0.2, 0.25) is 0 Å². The van der Waals surface area contributed by atoms with Gasteiger partial charge in [0.15, 0.2) is 11.6 Å². The Balaban J connectivity index is 1.72. The summed E-state index contributed by atoms with van der Waals surface area (Å²) in [6.07, 6.45) is 3.13. The summed E-state index contributed by atoms with van der Waals surface area (Å²) >= 11 is 0. The van der Waals surface area contributed by atoms with Crippen molar-refractivity contribution in [3.63, 3.8) is 0 Å². The van der Waals surface area contributed by atoms with Crippen LogP contribution in [-0.2, 0) is 17.4 Å². The molecule has 0 aliphatic carbocycles. The summed E-state index contributed by atoms with van der Waals surface area (Å²) in [4.78, 5) is 4.88. The number of pyridine rings is 1. The van der Waals surface area contributed by atoms with Gasteiger partial charge in [0.2, 0.25) is 5.82 Å². The van der Waals surface area contributed by atoms with Crippen LogP contribution in [0.1, 0.15) is 49.6 Å². The maximum atomic E-state index is 15.9. The predicted octanol–water partition coefficient (Wildman–Crippen LogP) is 5.82. The van der Waals surface area contributed by atoms with Gasteiger partial charge in [-0.2, -0.15) is 4.39 Å². The van der Waals surface area contributed by atoms with Crippen LogP contribution in [0.4, 0.5) is 8.78 Å². The van der Waals surface area contributed by atoms with E-state index in [0.29, 0.717) is 31.6 Å². The fraction of sp³-hybridized carbons (Fsp3) is 0.387. The third-order valence-corrected chi connectivity index (χ3v) is 8.22. The van der Waals surface area contributed by atoms with E-state index in [0.717, 1.165) is 38.9 Å². The van der Waals surface area contributed by atoms with Crippen molar-refractivity contribution in [2.75, 3.05) is 20.3 Å². The topological polar surface area (TPSA) is 87.2 Å². The number of aromatic nitrogens is 5. The van der Waals surface area contributed by atoms with Crippen LogP contribution in [0.15, 0.2) is 42.6 Å². The van der Waals surface area contributed by atoms with Gasteiger partial charge in [0.25, 0.3) is 0 Å². The highest BCUT2D eigenvalue weighted by atomic mass is 19.2. The Kier molecular flexibility index (Phi) is 6.78. The number of hydrogen-bond acceptors (Lipinski definition) is 6. The molecule has 1 aliphatic rings. The summed E-state index contributed by atoms with van der Waals surface area (Å²) in [6.45, 7) is 6.39. The normalized spacial score (nSPS) is 15.6. The Morgan fingerprint density at radius 1 is 1.07 bits per heavy atom. The van der Waals surface area contributed by atoms with Crippen molar-refractivity contribution >= 4 is 21.9 Å². The summed E-state index contributed by atoms with van der Waals surface area (Å²) in [5, 5.41) is 20.1. The number of ether oxygens (including phenoxy) is 2. The van der Waals surface area contributed by atoms with Crippen LogP contribution >= 0.6 is 0 Å². The first-order chi connectivity index (χ1) is 19.6. The van der Waals surface area contributed by atoms with E-state index in [1.54, 1.807) is 30.8 Å². The van der Waals surface area contributed by atoms with Crippen LogP contribution in [0, 0.1) is 24.5 Å². The smallest absolute Gasteiger partial charge is 0.200 e. The van der Waals surface area contributed by atoms with E-state index < -0.39 is 23.3 Å². The molecule has 0 unspecified atom stereocenters. The van der Waals surface area contributed by atoms with Crippen molar-refractivity contribution in [1.82, 2.24) is 24.5 Å². The molecule has 214 valence electrons. The second kappa shape index (κ2) is 10.2. The lowest BCUT2D eigenvalue weighted by atomic mass is 9.86. The van der Waals surface area contributed by atoms with Gasteiger partial charge in [-0.1, -0.05) is 23.4 Å². The fourth-order valence-electron chi connectivity index (χ4n) is 6.14. The zero-order valence-electron chi connectivity index (χ0n) is 23.8. The number of nitrogens with zero attached hydrogens (tertiary/aromatic N) is 5. The van der Waals surface area contributed by atoms with E-state index in [2.05, 4.69) is 14.9 Å². The molecule has 1 N–H and O–H groups in total. The first-order valence-electron chi connectivity index (χ1n) is 13.7. The van der Waals surface area contributed by atoms with Crippen molar-refractivity contribution in [3.8, 4) is 17.0 Å². The van der Waals surface area contributed by atoms with E-state index in [1.807, 2.05) is 38.2 Å². The Labute approximate surface area is 236 Å². The number of benzene rings is 2. The second-order valence-electron chi connectivity index (χ2n) is 11.3. The number of fused-ring (bicyclic) bond motifs is 3. The molecule has 5 aromatic rings. The van der Waals surface area contributed by atoms with Crippen LogP contribution in [0.5, 0.6) is 5.75 Å². The molecule has 1 fully saturated rings. The molecule has 4 heterocycles. The molecular weight excluding hydrogens is 528 g/mol. The number of methoxy groups -OCH3 is 1. The van der Waals surface area contributed by atoms with Gasteiger partial charge in [-0.25, -0.2) is 9.07 Å². The maximum absolute atomic E-state index is 15.9. The minimum Gasteiger partial charge on any atom is -0.494 e. The van der Waals surface area contributed by atoms with Crippen molar-refractivity contribution in [2.24, 2.45) is 13.0 Å². The van der Waals surface area contributed by atoms with Crippen molar-refractivity contribution in [1.29, 1.82) is 0 Å². The van der Waals surface area contributed by atoms with Crippen LogP contribution in [0.25, 0.3) is 33.2 Å². The fourth-order valence-corrected chi connectivity index (χ4v) is 6.14. The molecule has 1 atom stereocenters. The molecule has 41 heavy (non-hydrogen) atoms. The van der Waals surface area contributed by atoms with Gasteiger partial charge in [0.1, 0.15) is 0 Å². The molecule has 0 amide bonds. The lowest BCUT2D eigenvalue weighted by Gasteiger charge is -2.33. The van der Waals surface area contributed by atoms with Crippen LogP contribution in [-0.4, -0.2) is 50.0 Å².